The molecule has 1 saturated heterocycles. The first-order chi connectivity index (χ1) is 6.66. The van der Waals surface area contributed by atoms with Crippen molar-refractivity contribution in [1.82, 2.24) is 5.32 Å². The zero-order valence-electron chi connectivity index (χ0n) is 8.16. The van der Waals surface area contributed by atoms with E-state index in [1.54, 1.807) is 0 Å². The lowest BCUT2D eigenvalue weighted by atomic mass is 9.88. The summed E-state index contributed by atoms with van der Waals surface area (Å²) < 4.78 is 4.60. The number of rotatable bonds is 2. The van der Waals surface area contributed by atoms with Crippen LogP contribution in [-0.2, 0) is 14.3 Å². The molecule has 0 bridgehead atoms. The summed E-state index contributed by atoms with van der Waals surface area (Å²) >= 11 is 0. The predicted octanol–water partition coefficient (Wildman–Crippen LogP) is -0.140. The molecule has 1 heterocycles. The quantitative estimate of drug-likeness (QED) is 0.608. The summed E-state index contributed by atoms with van der Waals surface area (Å²) in [6.45, 7) is 1.31. The highest BCUT2D eigenvalue weighted by Crippen LogP contribution is 2.22. The minimum Gasteiger partial charge on any atom is -0.481 e. The minimum absolute atomic E-state index is 0.416. The Hall–Kier alpha value is -1.10. The summed E-state index contributed by atoms with van der Waals surface area (Å²) in [6, 6.07) is 0. The van der Waals surface area contributed by atoms with Gasteiger partial charge in [0.1, 0.15) is 0 Å². The molecule has 0 aliphatic carbocycles. The third-order valence-corrected chi connectivity index (χ3v) is 2.57. The van der Waals surface area contributed by atoms with Gasteiger partial charge in [-0.05, 0) is 25.9 Å². The molecule has 0 saturated carbocycles. The van der Waals surface area contributed by atoms with Crippen molar-refractivity contribution in [3.63, 3.8) is 0 Å². The van der Waals surface area contributed by atoms with Crippen molar-refractivity contribution >= 4 is 11.9 Å². The van der Waals surface area contributed by atoms with Crippen LogP contribution in [0.2, 0.25) is 0 Å². The highest BCUT2D eigenvalue weighted by Gasteiger charge is 2.35. The Bertz CT molecular complexity index is 229. The van der Waals surface area contributed by atoms with Crippen molar-refractivity contribution in [3.8, 4) is 0 Å². The van der Waals surface area contributed by atoms with Crippen molar-refractivity contribution in [2.75, 3.05) is 20.2 Å². The molecule has 14 heavy (non-hydrogen) atoms. The van der Waals surface area contributed by atoms with Crippen molar-refractivity contribution in [1.29, 1.82) is 0 Å². The Morgan fingerprint density at radius 1 is 1.29 bits per heavy atom. The van der Waals surface area contributed by atoms with Crippen LogP contribution < -0.4 is 5.32 Å². The van der Waals surface area contributed by atoms with Gasteiger partial charge in [0.2, 0.25) is 0 Å². The number of hydrogen-bond donors (Lipinski definition) is 2. The maximum atomic E-state index is 11.3. The molecule has 2 atom stereocenters. The number of carboxylic acid groups (broad SMARTS) is 1. The zero-order valence-corrected chi connectivity index (χ0v) is 8.16. The predicted molar refractivity (Wildman–Crippen MR) is 48.7 cm³/mol. The van der Waals surface area contributed by atoms with E-state index in [4.69, 9.17) is 5.11 Å². The van der Waals surface area contributed by atoms with Gasteiger partial charge in [-0.3, -0.25) is 9.59 Å². The lowest BCUT2D eigenvalue weighted by molar-refractivity contribution is -0.155. The van der Waals surface area contributed by atoms with E-state index in [-0.39, 0.29) is 0 Å². The molecule has 5 heteroatoms. The number of carbonyl (C=O) groups excluding carboxylic acids is 1. The molecule has 0 aromatic heterocycles. The van der Waals surface area contributed by atoms with Gasteiger partial charge in [0.05, 0.1) is 18.9 Å². The maximum Gasteiger partial charge on any atom is 0.309 e. The molecule has 0 amide bonds. The van der Waals surface area contributed by atoms with Gasteiger partial charge in [0.15, 0.2) is 0 Å². The first-order valence-corrected chi connectivity index (χ1v) is 4.68. The van der Waals surface area contributed by atoms with Gasteiger partial charge >= 0.3 is 11.9 Å². The van der Waals surface area contributed by atoms with Gasteiger partial charge in [-0.2, -0.15) is 0 Å². The van der Waals surface area contributed by atoms with Crippen molar-refractivity contribution in [2.24, 2.45) is 11.8 Å². The third kappa shape index (κ3) is 2.45. The van der Waals surface area contributed by atoms with Crippen LogP contribution in [0.5, 0.6) is 0 Å². The molecule has 0 aromatic rings. The summed E-state index contributed by atoms with van der Waals surface area (Å²) in [6.07, 6.45) is 1.01. The van der Waals surface area contributed by atoms with Gasteiger partial charge in [-0.15, -0.1) is 0 Å². The van der Waals surface area contributed by atoms with E-state index in [0.29, 0.717) is 25.9 Å². The summed E-state index contributed by atoms with van der Waals surface area (Å²) in [7, 11) is 1.29. The highest BCUT2D eigenvalue weighted by atomic mass is 16.5. The third-order valence-electron chi connectivity index (χ3n) is 2.57. The van der Waals surface area contributed by atoms with E-state index in [2.05, 4.69) is 10.1 Å². The Balaban J connectivity index is 2.73. The molecule has 0 unspecified atom stereocenters. The molecule has 0 radical (unpaired) electrons. The van der Waals surface area contributed by atoms with E-state index in [1.165, 1.54) is 7.11 Å². The number of nitrogens with one attached hydrogen (secondary N) is 1. The average molecular weight is 201 g/mol. The van der Waals surface area contributed by atoms with Gasteiger partial charge in [-0.25, -0.2) is 0 Å². The van der Waals surface area contributed by atoms with Crippen LogP contribution in [0.1, 0.15) is 12.8 Å². The molecule has 0 aromatic carbocycles. The molecule has 5 nitrogen and oxygen atoms in total. The van der Waals surface area contributed by atoms with Crippen molar-refractivity contribution in [2.45, 2.75) is 12.8 Å². The lowest BCUT2D eigenvalue weighted by Crippen LogP contribution is -2.30. The number of hydrogen-bond acceptors (Lipinski definition) is 4. The normalized spacial score (nSPS) is 27.8. The fourth-order valence-electron chi connectivity index (χ4n) is 1.77. The second kappa shape index (κ2) is 4.95. The molecule has 1 rings (SSSR count). The number of methoxy groups -OCH3 is 1. The summed E-state index contributed by atoms with van der Waals surface area (Å²) in [5.74, 6) is -2.45. The molecular weight excluding hydrogens is 186 g/mol. The number of esters is 1. The first kappa shape index (κ1) is 11.0. The number of carbonyl (C=O) groups is 2. The van der Waals surface area contributed by atoms with Crippen LogP contribution in [0.15, 0.2) is 0 Å². The molecule has 1 aliphatic rings. The van der Waals surface area contributed by atoms with Crippen LogP contribution >= 0.6 is 0 Å². The van der Waals surface area contributed by atoms with Crippen molar-refractivity contribution < 1.29 is 19.4 Å². The number of carboxylic acids is 1. The molecule has 1 aliphatic heterocycles. The van der Waals surface area contributed by atoms with Crippen LogP contribution in [-0.4, -0.2) is 37.2 Å². The Labute approximate surface area is 82.4 Å². The topological polar surface area (TPSA) is 75.6 Å². The van der Waals surface area contributed by atoms with Crippen LogP contribution in [0.4, 0.5) is 0 Å². The van der Waals surface area contributed by atoms with Crippen LogP contribution in [0.3, 0.4) is 0 Å². The summed E-state index contributed by atoms with van der Waals surface area (Å²) in [5.41, 5.74) is 0. The van der Waals surface area contributed by atoms with E-state index < -0.39 is 23.8 Å². The van der Waals surface area contributed by atoms with E-state index in [9.17, 15) is 9.59 Å². The van der Waals surface area contributed by atoms with Gasteiger partial charge in [0.25, 0.3) is 0 Å². The summed E-state index contributed by atoms with van der Waals surface area (Å²) in [4.78, 5) is 22.2. The molecule has 1 fully saturated rings. The lowest BCUT2D eigenvalue weighted by Gasteiger charge is -2.17. The fourth-order valence-corrected chi connectivity index (χ4v) is 1.77. The SMILES string of the molecule is COC(=O)[C@H]1CCNCC[C@H]1C(=O)O. The number of ether oxygens (including phenoxy) is 1. The first-order valence-electron chi connectivity index (χ1n) is 4.68. The smallest absolute Gasteiger partial charge is 0.309 e. The molecule has 80 valence electrons. The number of aliphatic carboxylic acids is 1. The Morgan fingerprint density at radius 2 is 1.86 bits per heavy atom. The summed E-state index contributed by atoms with van der Waals surface area (Å²) in [5, 5.41) is 12.0. The van der Waals surface area contributed by atoms with Gasteiger partial charge < -0.3 is 15.2 Å². The highest BCUT2D eigenvalue weighted by molar-refractivity contribution is 5.81. The fraction of sp³-hybridized carbons (Fsp3) is 0.778. The van der Waals surface area contributed by atoms with E-state index in [1.807, 2.05) is 0 Å². The largest absolute Gasteiger partial charge is 0.481 e. The van der Waals surface area contributed by atoms with Gasteiger partial charge in [0, 0.05) is 0 Å². The Morgan fingerprint density at radius 3 is 2.36 bits per heavy atom. The van der Waals surface area contributed by atoms with Crippen LogP contribution in [0, 0.1) is 11.8 Å². The second-order valence-corrected chi connectivity index (χ2v) is 3.40. The minimum atomic E-state index is -0.913. The van der Waals surface area contributed by atoms with Crippen molar-refractivity contribution in [3.05, 3.63) is 0 Å². The van der Waals surface area contributed by atoms with E-state index in [0.717, 1.165) is 0 Å². The monoisotopic (exact) mass is 201 g/mol. The van der Waals surface area contributed by atoms with E-state index >= 15 is 0 Å². The molecule has 0 spiro atoms. The zero-order chi connectivity index (χ0) is 10.6. The van der Waals surface area contributed by atoms with Crippen LogP contribution in [0.25, 0.3) is 0 Å². The second-order valence-electron chi connectivity index (χ2n) is 3.40. The van der Waals surface area contributed by atoms with Gasteiger partial charge in [-0.1, -0.05) is 0 Å². The maximum absolute atomic E-state index is 11.3. The Kier molecular flexibility index (Phi) is 3.88. The average Bonchev–Trinajstić information content (AvgIpc) is 2.41. The molecular formula is C9H15NO4. The standard InChI is InChI=1S/C9H15NO4/c1-14-9(13)7-3-5-10-4-2-6(7)8(11)12/h6-7,10H,2-5H2,1H3,(H,11,12)/t6-,7+/m1/s1. The molecule has 2 N–H and O–H groups in total.